The van der Waals surface area contributed by atoms with Gasteiger partial charge in [0.2, 0.25) is 11.8 Å². The molecule has 3 fully saturated rings. The zero-order valence-corrected chi connectivity index (χ0v) is 19.6. The Balaban J connectivity index is 1.35. The van der Waals surface area contributed by atoms with Gasteiger partial charge in [0.25, 0.3) is 0 Å². The van der Waals surface area contributed by atoms with Crippen LogP contribution in [-0.4, -0.2) is 59.9 Å². The number of nitrogens with zero attached hydrogens (tertiary/aromatic N) is 2. The van der Waals surface area contributed by atoms with Gasteiger partial charge in [-0.2, -0.15) is 0 Å². The van der Waals surface area contributed by atoms with Crippen molar-refractivity contribution in [2.75, 3.05) is 26.2 Å². The van der Waals surface area contributed by atoms with Gasteiger partial charge in [0.05, 0.1) is 6.54 Å². The van der Waals surface area contributed by atoms with Crippen molar-refractivity contribution in [1.29, 1.82) is 0 Å². The maximum absolute atomic E-state index is 13.4. The zero-order chi connectivity index (χ0) is 22.6. The summed E-state index contributed by atoms with van der Waals surface area (Å²) < 4.78 is 6.16. The average Bonchev–Trinajstić information content (AvgIpc) is 3.44. The quantitative estimate of drug-likeness (QED) is 0.712. The molecule has 1 aromatic rings. The number of amides is 2. The smallest absolute Gasteiger partial charge is 0.236 e. The Morgan fingerprint density at radius 2 is 1.88 bits per heavy atom. The molecule has 2 aliphatic heterocycles. The number of ether oxygens (including phenoxy) is 1. The van der Waals surface area contributed by atoms with Gasteiger partial charge in [-0.15, -0.1) is 0 Å². The first kappa shape index (κ1) is 22.5. The van der Waals surface area contributed by atoms with Crippen LogP contribution in [0.25, 0.3) is 0 Å². The van der Waals surface area contributed by atoms with Gasteiger partial charge in [-0.1, -0.05) is 43.2 Å². The highest BCUT2D eigenvalue weighted by molar-refractivity contribution is 5.79. The number of carbonyl (C=O) groups is 2. The molecule has 6 nitrogen and oxygen atoms in total. The lowest BCUT2D eigenvalue weighted by molar-refractivity contribution is -0.135. The van der Waals surface area contributed by atoms with Crippen molar-refractivity contribution in [1.82, 2.24) is 15.1 Å². The SMILES string of the molecule is O=C(CC1CCN2C[C@@H]1C=CCOc1ccccc1CN(C1CCCC1)CC2=O)NC1CC1. The number of piperidine rings is 1. The van der Waals surface area contributed by atoms with E-state index in [0.29, 0.717) is 38.2 Å². The molecule has 178 valence electrons. The van der Waals surface area contributed by atoms with Crippen LogP contribution in [0.5, 0.6) is 5.75 Å². The Kier molecular flexibility index (Phi) is 7.00. The van der Waals surface area contributed by atoms with E-state index in [4.69, 9.17) is 4.74 Å². The maximum atomic E-state index is 13.4. The fourth-order valence-electron chi connectivity index (χ4n) is 5.70. The lowest BCUT2D eigenvalue weighted by Gasteiger charge is -2.38. The van der Waals surface area contributed by atoms with Gasteiger partial charge in [0.15, 0.2) is 0 Å². The van der Waals surface area contributed by atoms with E-state index in [9.17, 15) is 9.59 Å². The van der Waals surface area contributed by atoms with E-state index in [1.165, 1.54) is 25.7 Å². The van der Waals surface area contributed by atoms with Crippen LogP contribution >= 0.6 is 0 Å². The second-order valence-corrected chi connectivity index (χ2v) is 10.3. The van der Waals surface area contributed by atoms with Crippen LogP contribution in [0.1, 0.15) is 56.9 Å². The molecular weight excluding hydrogens is 414 g/mol. The van der Waals surface area contributed by atoms with Crippen molar-refractivity contribution in [3.8, 4) is 5.75 Å². The molecule has 6 heteroatoms. The summed E-state index contributed by atoms with van der Waals surface area (Å²) in [6.45, 7) is 3.16. The standard InChI is InChI=1S/C27H37N3O3/c31-26(28-23-11-12-23)16-20-13-14-29-17-21(20)7-5-15-33-25-10-4-1-6-22(25)18-30(19-27(29)32)24-8-2-3-9-24/h1,4-7,10,20-21,23-24H,2-3,8-9,11-19H2,(H,28,31)/t20?,21-/m0/s1. The Hall–Kier alpha value is -2.34. The Bertz CT molecular complexity index is 875. The molecule has 33 heavy (non-hydrogen) atoms. The largest absolute Gasteiger partial charge is 0.489 e. The number of para-hydroxylation sites is 1. The molecule has 4 aliphatic rings. The molecule has 1 aromatic carbocycles. The molecule has 2 heterocycles. The highest BCUT2D eigenvalue weighted by Crippen LogP contribution is 2.31. The molecule has 0 aromatic heterocycles. The van der Waals surface area contributed by atoms with Gasteiger partial charge in [0.1, 0.15) is 12.4 Å². The Morgan fingerprint density at radius 3 is 2.70 bits per heavy atom. The highest BCUT2D eigenvalue weighted by Gasteiger charge is 2.34. The van der Waals surface area contributed by atoms with Crippen molar-refractivity contribution in [3.63, 3.8) is 0 Å². The zero-order valence-electron chi connectivity index (χ0n) is 19.6. The van der Waals surface area contributed by atoms with E-state index in [1.807, 2.05) is 17.0 Å². The summed E-state index contributed by atoms with van der Waals surface area (Å²) in [5.74, 6) is 1.75. The maximum Gasteiger partial charge on any atom is 0.236 e. The van der Waals surface area contributed by atoms with E-state index < -0.39 is 0 Å². The van der Waals surface area contributed by atoms with Gasteiger partial charge in [0, 0.05) is 43.7 Å². The first-order chi connectivity index (χ1) is 16.2. The summed E-state index contributed by atoms with van der Waals surface area (Å²) in [7, 11) is 0. The minimum atomic E-state index is 0.163. The summed E-state index contributed by atoms with van der Waals surface area (Å²) in [5.41, 5.74) is 1.15. The molecule has 2 bridgehead atoms. The van der Waals surface area contributed by atoms with Crippen LogP contribution in [-0.2, 0) is 16.1 Å². The normalized spacial score (nSPS) is 27.2. The van der Waals surface area contributed by atoms with Crippen LogP contribution in [0.15, 0.2) is 36.4 Å². The van der Waals surface area contributed by atoms with Crippen molar-refractivity contribution in [2.45, 2.75) is 70.0 Å². The number of carbonyl (C=O) groups excluding carboxylic acids is 2. The number of hydrogen-bond donors (Lipinski definition) is 1. The second-order valence-electron chi connectivity index (χ2n) is 10.3. The first-order valence-electron chi connectivity index (χ1n) is 12.8. The number of rotatable bonds is 4. The molecule has 2 atom stereocenters. The molecule has 1 saturated heterocycles. The second kappa shape index (κ2) is 10.3. The van der Waals surface area contributed by atoms with E-state index in [0.717, 1.165) is 43.7 Å². The predicted molar refractivity (Wildman–Crippen MR) is 128 cm³/mol. The van der Waals surface area contributed by atoms with Gasteiger partial charge in [-0.3, -0.25) is 14.5 Å². The molecule has 1 unspecified atom stereocenters. The first-order valence-corrected chi connectivity index (χ1v) is 12.8. The fourth-order valence-corrected chi connectivity index (χ4v) is 5.70. The van der Waals surface area contributed by atoms with E-state index in [2.05, 4.69) is 34.5 Å². The fraction of sp³-hybridized carbons (Fsp3) is 0.630. The van der Waals surface area contributed by atoms with E-state index in [1.54, 1.807) is 0 Å². The van der Waals surface area contributed by atoms with Crippen molar-refractivity contribution in [3.05, 3.63) is 42.0 Å². The number of fused-ring (bicyclic) bond motifs is 3. The third-order valence-electron chi connectivity index (χ3n) is 7.79. The van der Waals surface area contributed by atoms with Crippen LogP contribution in [0.3, 0.4) is 0 Å². The number of benzene rings is 1. The van der Waals surface area contributed by atoms with E-state index in [-0.39, 0.29) is 23.7 Å². The summed E-state index contributed by atoms with van der Waals surface area (Å²) in [5, 5.41) is 3.13. The molecule has 2 aliphatic carbocycles. The van der Waals surface area contributed by atoms with Crippen LogP contribution in [0.4, 0.5) is 0 Å². The number of nitrogens with one attached hydrogen (secondary N) is 1. The van der Waals surface area contributed by atoms with E-state index >= 15 is 0 Å². The predicted octanol–water partition coefficient (Wildman–Crippen LogP) is 3.51. The molecule has 2 saturated carbocycles. The Morgan fingerprint density at radius 1 is 1.06 bits per heavy atom. The Labute approximate surface area is 197 Å². The van der Waals surface area contributed by atoms with Gasteiger partial charge in [-0.05, 0) is 50.0 Å². The van der Waals surface area contributed by atoms with Crippen LogP contribution in [0.2, 0.25) is 0 Å². The molecular formula is C27H37N3O3. The molecule has 0 radical (unpaired) electrons. The average molecular weight is 452 g/mol. The van der Waals surface area contributed by atoms with Crippen molar-refractivity contribution >= 4 is 11.8 Å². The van der Waals surface area contributed by atoms with Crippen molar-refractivity contribution < 1.29 is 14.3 Å². The van der Waals surface area contributed by atoms with Gasteiger partial charge < -0.3 is 15.0 Å². The lowest BCUT2D eigenvalue weighted by Crippen LogP contribution is -2.49. The molecule has 0 spiro atoms. The minimum absolute atomic E-state index is 0.163. The van der Waals surface area contributed by atoms with Crippen LogP contribution in [0, 0.1) is 11.8 Å². The summed E-state index contributed by atoms with van der Waals surface area (Å²) in [6, 6.07) is 9.08. The third kappa shape index (κ3) is 5.78. The summed E-state index contributed by atoms with van der Waals surface area (Å²) in [4.78, 5) is 30.3. The van der Waals surface area contributed by atoms with Crippen molar-refractivity contribution in [2.24, 2.45) is 11.8 Å². The summed E-state index contributed by atoms with van der Waals surface area (Å²) in [6.07, 6.45) is 12.7. The minimum Gasteiger partial charge on any atom is -0.489 e. The van der Waals surface area contributed by atoms with Crippen LogP contribution < -0.4 is 10.1 Å². The lowest BCUT2D eigenvalue weighted by atomic mass is 9.82. The topological polar surface area (TPSA) is 61.9 Å². The van der Waals surface area contributed by atoms with Gasteiger partial charge in [-0.25, -0.2) is 0 Å². The monoisotopic (exact) mass is 451 g/mol. The number of hydrogen-bond acceptors (Lipinski definition) is 4. The molecule has 1 N–H and O–H groups in total. The third-order valence-corrected chi connectivity index (χ3v) is 7.79. The molecule has 2 amide bonds. The summed E-state index contributed by atoms with van der Waals surface area (Å²) >= 11 is 0. The van der Waals surface area contributed by atoms with Gasteiger partial charge >= 0.3 is 0 Å². The molecule has 5 rings (SSSR count). The highest BCUT2D eigenvalue weighted by atomic mass is 16.5.